The quantitative estimate of drug-likeness (QED) is 0.852. The number of imidazole rings is 1. The number of aromatic nitrogens is 2. The van der Waals surface area contributed by atoms with Crippen molar-refractivity contribution in [2.45, 2.75) is 26.2 Å². The van der Waals surface area contributed by atoms with Gasteiger partial charge in [-0.15, -0.1) is 0 Å². The summed E-state index contributed by atoms with van der Waals surface area (Å²) in [6.45, 7) is 6.47. The fourth-order valence-electron chi connectivity index (χ4n) is 1.63. The van der Waals surface area contributed by atoms with Crippen molar-refractivity contribution in [1.29, 1.82) is 0 Å². The molecule has 2 rings (SSSR count). The third-order valence-corrected chi connectivity index (χ3v) is 2.75. The topological polar surface area (TPSA) is 57.8 Å². The summed E-state index contributed by atoms with van der Waals surface area (Å²) in [6.07, 6.45) is 2.98. The Bertz CT molecular complexity index is 521. The van der Waals surface area contributed by atoms with Gasteiger partial charge in [0.25, 0.3) is 5.91 Å². The molecule has 0 aliphatic rings. The first-order valence-electron chi connectivity index (χ1n) is 5.87. The van der Waals surface area contributed by atoms with Crippen molar-refractivity contribution in [2.24, 2.45) is 0 Å². The molecular weight excluding hydrogens is 226 g/mol. The minimum atomic E-state index is -0.184. The molecule has 1 heterocycles. The fourth-order valence-corrected chi connectivity index (χ4v) is 1.63. The Labute approximate surface area is 106 Å². The van der Waals surface area contributed by atoms with Crippen molar-refractivity contribution in [3.63, 3.8) is 0 Å². The average Bonchev–Trinajstić information content (AvgIpc) is 2.82. The molecule has 2 N–H and O–H groups in total. The molecule has 0 unspecified atom stereocenters. The van der Waals surface area contributed by atoms with E-state index in [1.807, 2.05) is 24.3 Å². The molecular formula is C14H17N3O. The molecule has 4 nitrogen and oxygen atoms in total. The molecule has 18 heavy (non-hydrogen) atoms. The average molecular weight is 243 g/mol. The van der Waals surface area contributed by atoms with E-state index in [1.165, 1.54) is 18.1 Å². The summed E-state index contributed by atoms with van der Waals surface area (Å²) in [4.78, 5) is 18.4. The lowest BCUT2D eigenvalue weighted by Gasteiger charge is -2.19. The van der Waals surface area contributed by atoms with Crippen molar-refractivity contribution in [1.82, 2.24) is 9.97 Å². The highest BCUT2D eigenvalue weighted by Gasteiger charge is 2.13. The van der Waals surface area contributed by atoms with E-state index in [-0.39, 0.29) is 11.3 Å². The van der Waals surface area contributed by atoms with Gasteiger partial charge in [-0.05, 0) is 23.1 Å². The van der Waals surface area contributed by atoms with Crippen LogP contribution >= 0.6 is 0 Å². The normalized spacial score (nSPS) is 11.3. The van der Waals surface area contributed by atoms with Crippen LogP contribution in [0.25, 0.3) is 0 Å². The number of hydrogen-bond donors (Lipinski definition) is 2. The smallest absolute Gasteiger partial charge is 0.273 e. The minimum Gasteiger partial charge on any atom is -0.341 e. The monoisotopic (exact) mass is 243 g/mol. The highest BCUT2D eigenvalue weighted by atomic mass is 16.1. The third-order valence-electron chi connectivity index (χ3n) is 2.75. The molecule has 1 aromatic heterocycles. The van der Waals surface area contributed by atoms with E-state index in [4.69, 9.17) is 0 Å². The summed E-state index contributed by atoms with van der Waals surface area (Å²) in [5, 5.41) is 2.81. The summed E-state index contributed by atoms with van der Waals surface area (Å²) >= 11 is 0. The highest BCUT2D eigenvalue weighted by molar-refractivity contribution is 6.02. The molecule has 0 atom stereocenters. The van der Waals surface area contributed by atoms with Gasteiger partial charge >= 0.3 is 0 Å². The summed E-state index contributed by atoms with van der Waals surface area (Å²) in [5.74, 6) is -0.184. The summed E-state index contributed by atoms with van der Waals surface area (Å²) in [7, 11) is 0. The molecule has 0 saturated heterocycles. The molecule has 1 aromatic carbocycles. The number of benzene rings is 1. The van der Waals surface area contributed by atoms with Gasteiger partial charge in [0.05, 0.1) is 12.5 Å². The number of H-pyrrole nitrogens is 1. The summed E-state index contributed by atoms with van der Waals surface area (Å²) in [5.41, 5.74) is 2.59. The van der Waals surface area contributed by atoms with Crippen LogP contribution in [-0.4, -0.2) is 15.9 Å². The number of nitrogens with one attached hydrogen (secondary N) is 2. The van der Waals surface area contributed by atoms with Gasteiger partial charge in [0.2, 0.25) is 0 Å². The molecule has 0 saturated carbocycles. The lowest BCUT2D eigenvalue weighted by Crippen LogP contribution is -2.13. The Balaban J connectivity index is 2.09. The van der Waals surface area contributed by atoms with Crippen LogP contribution in [0.5, 0.6) is 0 Å². The SMILES string of the molecule is CC(C)(C)c1ccc(NC(=O)c2cnc[nH]2)cc1. The highest BCUT2D eigenvalue weighted by Crippen LogP contribution is 2.23. The first-order valence-corrected chi connectivity index (χ1v) is 5.87. The number of nitrogens with zero attached hydrogens (tertiary/aromatic N) is 1. The first kappa shape index (κ1) is 12.4. The van der Waals surface area contributed by atoms with Crippen LogP contribution in [0.15, 0.2) is 36.8 Å². The van der Waals surface area contributed by atoms with Crippen molar-refractivity contribution >= 4 is 11.6 Å². The van der Waals surface area contributed by atoms with E-state index < -0.39 is 0 Å². The molecule has 0 radical (unpaired) electrons. The number of carbonyl (C=O) groups is 1. The van der Waals surface area contributed by atoms with Crippen LogP contribution in [0.4, 0.5) is 5.69 Å². The van der Waals surface area contributed by atoms with Crippen LogP contribution in [0.3, 0.4) is 0 Å². The molecule has 1 amide bonds. The molecule has 0 aliphatic carbocycles. The third kappa shape index (κ3) is 2.77. The van der Waals surface area contributed by atoms with Crippen molar-refractivity contribution in [3.05, 3.63) is 48.0 Å². The lowest BCUT2D eigenvalue weighted by atomic mass is 9.87. The van der Waals surface area contributed by atoms with Crippen molar-refractivity contribution in [2.75, 3.05) is 5.32 Å². The van der Waals surface area contributed by atoms with E-state index in [9.17, 15) is 4.79 Å². The molecule has 94 valence electrons. The molecule has 0 bridgehead atoms. The van der Waals surface area contributed by atoms with Gasteiger partial charge in [0.1, 0.15) is 5.69 Å². The van der Waals surface area contributed by atoms with Crippen molar-refractivity contribution < 1.29 is 4.79 Å². The van der Waals surface area contributed by atoms with Crippen molar-refractivity contribution in [3.8, 4) is 0 Å². The Morgan fingerprint density at radius 3 is 2.39 bits per heavy atom. The van der Waals surface area contributed by atoms with Gasteiger partial charge < -0.3 is 10.3 Å². The predicted molar refractivity (Wildman–Crippen MR) is 71.7 cm³/mol. The molecule has 0 spiro atoms. The zero-order valence-electron chi connectivity index (χ0n) is 10.8. The number of aromatic amines is 1. The standard InChI is InChI=1S/C14H17N3O/c1-14(2,3)10-4-6-11(7-5-10)17-13(18)12-8-15-9-16-12/h4-9H,1-3H3,(H,15,16)(H,17,18). The number of amides is 1. The minimum absolute atomic E-state index is 0.117. The summed E-state index contributed by atoms with van der Waals surface area (Å²) in [6, 6.07) is 7.88. The number of rotatable bonds is 2. The van der Waals surface area contributed by atoms with Gasteiger partial charge in [-0.2, -0.15) is 0 Å². The maximum absolute atomic E-state index is 11.8. The molecule has 0 aliphatic heterocycles. The number of hydrogen-bond acceptors (Lipinski definition) is 2. The van der Waals surface area contributed by atoms with Gasteiger partial charge in [-0.1, -0.05) is 32.9 Å². The van der Waals surface area contributed by atoms with Crippen LogP contribution < -0.4 is 5.32 Å². The van der Waals surface area contributed by atoms with E-state index in [2.05, 4.69) is 36.1 Å². The van der Waals surface area contributed by atoms with Gasteiger partial charge in [0, 0.05) is 5.69 Å². The van der Waals surface area contributed by atoms with E-state index in [0.717, 1.165) is 5.69 Å². The second-order valence-electron chi connectivity index (χ2n) is 5.25. The van der Waals surface area contributed by atoms with Crippen LogP contribution in [0.2, 0.25) is 0 Å². The summed E-state index contributed by atoms with van der Waals surface area (Å²) < 4.78 is 0. The predicted octanol–water partition coefficient (Wildman–Crippen LogP) is 2.96. The Hall–Kier alpha value is -2.10. The Morgan fingerprint density at radius 1 is 1.22 bits per heavy atom. The van der Waals surface area contributed by atoms with Gasteiger partial charge in [0.15, 0.2) is 0 Å². The fraction of sp³-hybridized carbons (Fsp3) is 0.286. The second-order valence-corrected chi connectivity index (χ2v) is 5.25. The van der Waals surface area contributed by atoms with Gasteiger partial charge in [-0.25, -0.2) is 4.98 Å². The van der Waals surface area contributed by atoms with Crippen LogP contribution in [0.1, 0.15) is 36.8 Å². The largest absolute Gasteiger partial charge is 0.341 e. The Kier molecular flexibility index (Phi) is 3.19. The zero-order valence-corrected chi connectivity index (χ0v) is 10.8. The van der Waals surface area contributed by atoms with Gasteiger partial charge in [-0.3, -0.25) is 4.79 Å². The zero-order chi connectivity index (χ0) is 13.2. The van der Waals surface area contributed by atoms with E-state index >= 15 is 0 Å². The maximum Gasteiger partial charge on any atom is 0.273 e. The lowest BCUT2D eigenvalue weighted by molar-refractivity contribution is 0.102. The Morgan fingerprint density at radius 2 is 1.89 bits per heavy atom. The van der Waals surface area contributed by atoms with E-state index in [0.29, 0.717) is 5.69 Å². The van der Waals surface area contributed by atoms with Crippen LogP contribution in [0, 0.1) is 0 Å². The second kappa shape index (κ2) is 4.64. The maximum atomic E-state index is 11.8. The van der Waals surface area contributed by atoms with E-state index in [1.54, 1.807) is 0 Å². The number of carbonyl (C=O) groups excluding carboxylic acids is 1. The van der Waals surface area contributed by atoms with Crippen LogP contribution in [-0.2, 0) is 5.41 Å². The molecule has 2 aromatic rings. The molecule has 4 heteroatoms. The first-order chi connectivity index (χ1) is 8.47. The number of anilines is 1. The molecule has 0 fully saturated rings.